The molecule has 1 unspecified atom stereocenters. The molecule has 2 N–H and O–H groups in total. The zero-order chi connectivity index (χ0) is 15.9. The van der Waals surface area contributed by atoms with Gasteiger partial charge >= 0.3 is 0 Å². The molecule has 3 rings (SSSR count). The van der Waals surface area contributed by atoms with Crippen molar-refractivity contribution in [3.8, 4) is 0 Å². The van der Waals surface area contributed by atoms with Gasteiger partial charge in [-0.15, -0.1) is 0 Å². The maximum atomic E-state index is 12.9. The Labute approximate surface area is 126 Å². The van der Waals surface area contributed by atoms with Gasteiger partial charge in [0.1, 0.15) is 5.82 Å². The average molecular weight is 299 g/mol. The van der Waals surface area contributed by atoms with Crippen molar-refractivity contribution in [1.82, 2.24) is 0 Å². The molecule has 1 heterocycles. The van der Waals surface area contributed by atoms with Crippen LogP contribution in [0.2, 0.25) is 0 Å². The highest BCUT2D eigenvalue weighted by Gasteiger charge is 2.47. The molecule has 1 aliphatic rings. The molecule has 0 spiro atoms. The van der Waals surface area contributed by atoms with Crippen molar-refractivity contribution in [2.75, 3.05) is 5.32 Å². The fraction of sp³-hybridized carbons (Fsp3) is 0.176. The highest BCUT2D eigenvalue weighted by Crippen LogP contribution is 2.40. The summed E-state index contributed by atoms with van der Waals surface area (Å²) in [6.07, 6.45) is -0.388. The minimum Gasteiger partial charge on any atom is -0.375 e. The lowest BCUT2D eigenvalue weighted by Crippen LogP contribution is -2.36. The number of rotatable bonds is 3. The van der Waals surface area contributed by atoms with Gasteiger partial charge in [-0.3, -0.25) is 9.59 Å². The van der Waals surface area contributed by atoms with E-state index >= 15 is 0 Å². The molecule has 112 valence electrons. The number of Topliss-reactive ketones (excluding diaryl/α,β-unsaturated/α-hetero) is 1. The lowest BCUT2D eigenvalue weighted by molar-refractivity contribution is -0.133. The number of carbonyl (C=O) groups excluding carboxylic acids is 2. The summed E-state index contributed by atoms with van der Waals surface area (Å²) in [6, 6.07) is 10.2. The smallest absolute Gasteiger partial charge is 0.261 e. The number of hydrogen-bond donors (Lipinski definition) is 2. The lowest BCUT2D eigenvalue weighted by atomic mass is 9.87. The first-order chi connectivity index (χ1) is 10.4. The Kier molecular flexibility index (Phi) is 3.30. The summed E-state index contributed by atoms with van der Waals surface area (Å²) >= 11 is 0. The second kappa shape index (κ2) is 5.03. The first-order valence-electron chi connectivity index (χ1n) is 6.84. The van der Waals surface area contributed by atoms with Crippen LogP contribution in [0.3, 0.4) is 0 Å². The van der Waals surface area contributed by atoms with E-state index in [0.29, 0.717) is 11.3 Å². The molecular weight excluding hydrogens is 285 g/mol. The number of nitrogens with one attached hydrogen (secondary N) is 1. The first-order valence-corrected chi connectivity index (χ1v) is 6.84. The summed E-state index contributed by atoms with van der Waals surface area (Å²) in [5.74, 6) is -1.49. The predicted molar refractivity (Wildman–Crippen MR) is 79.1 cm³/mol. The maximum absolute atomic E-state index is 12.9. The van der Waals surface area contributed by atoms with E-state index < -0.39 is 23.1 Å². The first kappa shape index (κ1) is 14.4. The quantitative estimate of drug-likeness (QED) is 0.856. The largest absolute Gasteiger partial charge is 0.375 e. The molecule has 0 fully saturated rings. The second-order valence-corrected chi connectivity index (χ2v) is 5.42. The molecule has 2 aromatic rings. The van der Waals surface area contributed by atoms with Gasteiger partial charge < -0.3 is 10.4 Å². The standard InChI is InChI=1S/C17H14FNO3/c1-10-3-2-4-13-15(10)19-16(21)17(13,22)9-14(20)11-5-7-12(18)8-6-11/h2-8,22H,9H2,1H3,(H,19,21). The normalized spacial score (nSPS) is 19.7. The van der Waals surface area contributed by atoms with E-state index in [9.17, 15) is 19.1 Å². The van der Waals surface area contributed by atoms with Crippen molar-refractivity contribution in [2.45, 2.75) is 18.9 Å². The van der Waals surface area contributed by atoms with Crippen LogP contribution < -0.4 is 5.32 Å². The van der Waals surface area contributed by atoms with E-state index in [4.69, 9.17) is 0 Å². The Morgan fingerprint density at radius 2 is 1.91 bits per heavy atom. The summed E-state index contributed by atoms with van der Waals surface area (Å²) in [6.45, 7) is 1.81. The van der Waals surface area contributed by atoms with Gasteiger partial charge in [-0.1, -0.05) is 18.2 Å². The van der Waals surface area contributed by atoms with Crippen LogP contribution in [0.5, 0.6) is 0 Å². The Hall–Kier alpha value is -2.53. The van der Waals surface area contributed by atoms with Gasteiger partial charge in [-0.05, 0) is 36.8 Å². The van der Waals surface area contributed by atoms with E-state index in [1.807, 2.05) is 13.0 Å². The number of aliphatic hydroxyl groups is 1. The predicted octanol–water partition coefficient (Wildman–Crippen LogP) is 2.55. The fourth-order valence-corrected chi connectivity index (χ4v) is 2.66. The molecule has 5 heteroatoms. The molecular formula is C17H14FNO3. The van der Waals surface area contributed by atoms with E-state index in [2.05, 4.69) is 5.32 Å². The minimum atomic E-state index is -1.90. The second-order valence-electron chi connectivity index (χ2n) is 5.42. The number of halogens is 1. The molecule has 1 amide bonds. The number of carbonyl (C=O) groups is 2. The van der Waals surface area contributed by atoms with Gasteiger partial charge in [0.25, 0.3) is 5.91 Å². The molecule has 1 atom stereocenters. The zero-order valence-electron chi connectivity index (χ0n) is 11.9. The van der Waals surface area contributed by atoms with Crippen molar-refractivity contribution in [2.24, 2.45) is 0 Å². The molecule has 2 aromatic carbocycles. The number of para-hydroxylation sites is 1. The summed E-state index contributed by atoms with van der Waals surface area (Å²) in [4.78, 5) is 24.4. The third kappa shape index (κ3) is 2.19. The van der Waals surface area contributed by atoms with E-state index in [1.54, 1.807) is 12.1 Å². The molecule has 22 heavy (non-hydrogen) atoms. The highest BCUT2D eigenvalue weighted by molar-refractivity contribution is 6.09. The minimum absolute atomic E-state index is 0.253. The van der Waals surface area contributed by atoms with Gasteiger partial charge in [0.05, 0.1) is 12.1 Å². The van der Waals surface area contributed by atoms with Crippen LogP contribution >= 0.6 is 0 Å². The molecule has 0 saturated heterocycles. The Balaban J connectivity index is 1.95. The van der Waals surface area contributed by atoms with Crippen molar-refractivity contribution in [1.29, 1.82) is 0 Å². The molecule has 0 saturated carbocycles. The number of anilines is 1. The molecule has 4 nitrogen and oxygen atoms in total. The maximum Gasteiger partial charge on any atom is 0.261 e. The molecule has 0 aromatic heterocycles. The number of benzene rings is 2. The van der Waals surface area contributed by atoms with Crippen LogP contribution in [0.1, 0.15) is 27.9 Å². The Bertz CT molecular complexity index is 770. The van der Waals surface area contributed by atoms with Gasteiger partial charge in [0.15, 0.2) is 11.4 Å². The topological polar surface area (TPSA) is 66.4 Å². The number of aryl methyl sites for hydroxylation is 1. The van der Waals surface area contributed by atoms with Crippen LogP contribution in [0, 0.1) is 12.7 Å². The van der Waals surface area contributed by atoms with Crippen LogP contribution in [0.15, 0.2) is 42.5 Å². The fourth-order valence-electron chi connectivity index (χ4n) is 2.66. The average Bonchev–Trinajstić information content (AvgIpc) is 2.73. The van der Waals surface area contributed by atoms with Crippen LogP contribution in [-0.2, 0) is 10.4 Å². The van der Waals surface area contributed by atoms with Gasteiger partial charge in [0.2, 0.25) is 0 Å². The van der Waals surface area contributed by atoms with Crippen molar-refractivity contribution in [3.05, 3.63) is 65.0 Å². The number of hydrogen-bond acceptors (Lipinski definition) is 3. The highest BCUT2D eigenvalue weighted by atomic mass is 19.1. The molecule has 0 aliphatic carbocycles. The SMILES string of the molecule is Cc1cccc2c1NC(=O)C2(O)CC(=O)c1ccc(F)cc1. The monoisotopic (exact) mass is 299 g/mol. The van der Waals surface area contributed by atoms with Crippen LogP contribution in [0.25, 0.3) is 0 Å². The molecule has 0 radical (unpaired) electrons. The van der Waals surface area contributed by atoms with Gasteiger partial charge in [-0.25, -0.2) is 4.39 Å². The zero-order valence-corrected chi connectivity index (χ0v) is 11.9. The number of amides is 1. The summed E-state index contributed by atoms with van der Waals surface area (Å²) < 4.78 is 12.9. The van der Waals surface area contributed by atoms with E-state index in [-0.39, 0.29) is 12.0 Å². The Morgan fingerprint density at radius 1 is 1.23 bits per heavy atom. The van der Waals surface area contributed by atoms with E-state index in [0.717, 1.165) is 5.56 Å². The summed E-state index contributed by atoms with van der Waals surface area (Å²) in [7, 11) is 0. The van der Waals surface area contributed by atoms with E-state index in [1.165, 1.54) is 24.3 Å². The van der Waals surface area contributed by atoms with Gasteiger partial charge in [0, 0.05) is 11.1 Å². The third-order valence-electron chi connectivity index (χ3n) is 3.92. The van der Waals surface area contributed by atoms with Gasteiger partial charge in [-0.2, -0.15) is 0 Å². The number of ketones is 1. The van der Waals surface area contributed by atoms with Crippen LogP contribution in [-0.4, -0.2) is 16.8 Å². The van der Waals surface area contributed by atoms with Crippen LogP contribution in [0.4, 0.5) is 10.1 Å². The Morgan fingerprint density at radius 3 is 2.59 bits per heavy atom. The van der Waals surface area contributed by atoms with Crippen molar-refractivity contribution < 1.29 is 19.1 Å². The number of fused-ring (bicyclic) bond motifs is 1. The lowest BCUT2D eigenvalue weighted by Gasteiger charge is -2.20. The summed E-state index contributed by atoms with van der Waals surface area (Å²) in [5, 5.41) is 13.3. The third-order valence-corrected chi connectivity index (χ3v) is 3.92. The molecule has 0 bridgehead atoms. The summed E-state index contributed by atoms with van der Waals surface area (Å²) in [5.41, 5.74) is 0.113. The van der Waals surface area contributed by atoms with Crippen molar-refractivity contribution in [3.63, 3.8) is 0 Å². The van der Waals surface area contributed by atoms with Crippen molar-refractivity contribution >= 4 is 17.4 Å². The molecule has 1 aliphatic heterocycles.